The van der Waals surface area contributed by atoms with Crippen molar-refractivity contribution < 1.29 is 28.7 Å². The van der Waals surface area contributed by atoms with Crippen LogP contribution in [0.15, 0.2) is 0 Å². The summed E-state index contributed by atoms with van der Waals surface area (Å²) in [5.74, 6) is -2.02. The summed E-state index contributed by atoms with van der Waals surface area (Å²) in [5.41, 5.74) is 0. The molecule has 0 aromatic heterocycles. The summed E-state index contributed by atoms with van der Waals surface area (Å²) in [6.45, 7) is 0.787. The van der Waals surface area contributed by atoms with Gasteiger partial charge in [0.15, 0.2) is 0 Å². The normalized spacial score (nSPS) is 22.3. The molecule has 0 N–H and O–H groups in total. The summed E-state index contributed by atoms with van der Waals surface area (Å²) in [6.07, 6.45) is 1.92. The minimum atomic E-state index is -0.535. The van der Waals surface area contributed by atoms with Gasteiger partial charge in [0.25, 0.3) is 0 Å². The molecule has 2 fully saturated rings. The lowest BCUT2D eigenvalue weighted by molar-refractivity contribution is -0.167. The van der Waals surface area contributed by atoms with E-state index >= 15 is 0 Å². The molecule has 19 heavy (non-hydrogen) atoms. The number of ether oxygens (including phenoxy) is 2. The minimum absolute atomic E-state index is 0.00111. The molecule has 0 radical (unpaired) electrons. The number of cyclic esters (lactones) is 4. The van der Waals surface area contributed by atoms with Crippen LogP contribution in [0.4, 0.5) is 0 Å². The Morgan fingerprint density at radius 1 is 0.895 bits per heavy atom. The van der Waals surface area contributed by atoms with E-state index in [1.165, 1.54) is 0 Å². The molecule has 2 aliphatic heterocycles. The average molecular weight is 269 g/mol. The van der Waals surface area contributed by atoms with Crippen LogP contribution in [-0.4, -0.2) is 48.4 Å². The molecular weight excluding hydrogens is 254 g/mol. The zero-order valence-corrected chi connectivity index (χ0v) is 10.4. The Balaban J connectivity index is 1.71. The quantitative estimate of drug-likeness (QED) is 0.508. The van der Waals surface area contributed by atoms with E-state index in [0.29, 0.717) is 19.4 Å². The lowest BCUT2D eigenvalue weighted by Crippen LogP contribution is -2.43. The maximum atomic E-state index is 11.1. The maximum absolute atomic E-state index is 11.1. The molecule has 7 nitrogen and oxygen atoms in total. The molecule has 0 aromatic rings. The lowest BCUT2D eigenvalue weighted by Gasteiger charge is -2.25. The molecule has 2 aliphatic rings. The third-order valence-corrected chi connectivity index (χ3v) is 3.16. The van der Waals surface area contributed by atoms with Gasteiger partial charge in [-0.2, -0.15) is 0 Å². The molecule has 2 saturated heterocycles. The molecule has 0 aromatic carbocycles. The number of carbonyl (C=O) groups excluding carboxylic acids is 4. The third kappa shape index (κ3) is 4.13. The fourth-order valence-electron chi connectivity index (χ4n) is 2.33. The highest BCUT2D eigenvalue weighted by atomic mass is 16.6. The predicted octanol–water partition coefficient (Wildman–Crippen LogP) is -0.368. The predicted molar refractivity (Wildman–Crippen MR) is 60.6 cm³/mol. The monoisotopic (exact) mass is 269 g/mol. The van der Waals surface area contributed by atoms with Crippen LogP contribution >= 0.6 is 0 Å². The van der Waals surface area contributed by atoms with Crippen LogP contribution in [0.1, 0.15) is 25.7 Å². The Morgan fingerprint density at radius 2 is 1.42 bits per heavy atom. The van der Waals surface area contributed by atoms with Gasteiger partial charge in [-0.15, -0.1) is 0 Å². The molecule has 0 saturated carbocycles. The van der Waals surface area contributed by atoms with Crippen molar-refractivity contribution >= 4 is 23.9 Å². The third-order valence-electron chi connectivity index (χ3n) is 3.16. The molecule has 0 spiro atoms. The van der Waals surface area contributed by atoms with E-state index in [9.17, 15) is 19.2 Å². The first-order chi connectivity index (χ1) is 9.02. The van der Waals surface area contributed by atoms with Gasteiger partial charge in [0.2, 0.25) is 0 Å². The first-order valence-electron chi connectivity index (χ1n) is 6.22. The number of hydrogen-bond donors (Lipinski definition) is 0. The lowest BCUT2D eigenvalue weighted by atomic mass is 9.94. The smallest absolute Gasteiger partial charge is 0.327 e. The van der Waals surface area contributed by atoms with E-state index in [4.69, 9.17) is 0 Å². The van der Waals surface area contributed by atoms with Crippen molar-refractivity contribution in [2.75, 3.05) is 19.6 Å². The van der Waals surface area contributed by atoms with Crippen molar-refractivity contribution in [2.45, 2.75) is 25.7 Å². The van der Waals surface area contributed by atoms with Gasteiger partial charge in [-0.3, -0.25) is 24.1 Å². The minimum Gasteiger partial charge on any atom is -0.393 e. The Kier molecular flexibility index (Phi) is 4.26. The highest BCUT2D eigenvalue weighted by Gasteiger charge is 2.28. The fraction of sp³-hybridized carbons (Fsp3) is 0.667. The SMILES string of the molecule is O=C1CC(CCCN2CC(=O)OC(=O)C2)CC(=O)O1. The molecule has 104 valence electrons. The van der Waals surface area contributed by atoms with Gasteiger partial charge in [0.1, 0.15) is 0 Å². The number of nitrogens with zero attached hydrogens (tertiary/aromatic N) is 1. The van der Waals surface area contributed by atoms with Gasteiger partial charge in [-0.25, -0.2) is 0 Å². The molecular formula is C12H15NO6. The molecule has 0 bridgehead atoms. The van der Waals surface area contributed by atoms with Gasteiger partial charge in [-0.05, 0) is 25.3 Å². The van der Waals surface area contributed by atoms with Gasteiger partial charge < -0.3 is 9.47 Å². The number of hydrogen-bond acceptors (Lipinski definition) is 7. The standard InChI is InChI=1S/C12H15NO6/c14-9-4-8(5-10(15)18-9)2-1-3-13-6-11(16)19-12(17)7-13/h8H,1-7H2. The molecule has 2 heterocycles. The van der Waals surface area contributed by atoms with Gasteiger partial charge in [-0.1, -0.05) is 0 Å². The number of esters is 4. The van der Waals surface area contributed by atoms with E-state index in [2.05, 4.69) is 9.47 Å². The van der Waals surface area contributed by atoms with E-state index in [0.717, 1.165) is 0 Å². The van der Waals surface area contributed by atoms with Crippen LogP contribution in [0, 0.1) is 5.92 Å². The summed E-state index contributed by atoms with van der Waals surface area (Å²) in [5, 5.41) is 0. The topological polar surface area (TPSA) is 90.0 Å². The summed E-state index contributed by atoms with van der Waals surface area (Å²) in [6, 6.07) is 0. The van der Waals surface area contributed by atoms with Crippen LogP contribution in [-0.2, 0) is 28.7 Å². The Hall–Kier alpha value is -1.76. The first-order valence-corrected chi connectivity index (χ1v) is 6.22. The van der Waals surface area contributed by atoms with Crippen molar-refractivity contribution in [3.05, 3.63) is 0 Å². The molecule has 0 amide bonds. The highest BCUT2D eigenvalue weighted by molar-refractivity contribution is 5.90. The van der Waals surface area contributed by atoms with E-state index in [1.807, 2.05) is 0 Å². The van der Waals surface area contributed by atoms with Crippen molar-refractivity contribution in [2.24, 2.45) is 5.92 Å². The summed E-state index contributed by atoms with van der Waals surface area (Å²) in [7, 11) is 0. The molecule has 0 atom stereocenters. The van der Waals surface area contributed by atoms with Crippen molar-refractivity contribution in [3.8, 4) is 0 Å². The second-order valence-corrected chi connectivity index (χ2v) is 4.82. The van der Waals surface area contributed by atoms with Crippen LogP contribution in [0.3, 0.4) is 0 Å². The van der Waals surface area contributed by atoms with Crippen LogP contribution in [0.25, 0.3) is 0 Å². The fourth-order valence-corrected chi connectivity index (χ4v) is 2.33. The average Bonchev–Trinajstić information content (AvgIpc) is 2.26. The van der Waals surface area contributed by atoms with Crippen LogP contribution in [0.5, 0.6) is 0 Å². The van der Waals surface area contributed by atoms with E-state index in [1.54, 1.807) is 4.90 Å². The molecule has 0 aliphatic carbocycles. The van der Waals surface area contributed by atoms with Gasteiger partial charge in [0, 0.05) is 12.8 Å². The van der Waals surface area contributed by atoms with Crippen LogP contribution in [0.2, 0.25) is 0 Å². The molecule has 7 heteroatoms. The van der Waals surface area contributed by atoms with E-state index < -0.39 is 23.9 Å². The van der Waals surface area contributed by atoms with Crippen molar-refractivity contribution in [3.63, 3.8) is 0 Å². The molecule has 0 unspecified atom stereocenters. The maximum Gasteiger partial charge on any atom is 0.327 e. The Morgan fingerprint density at radius 3 is 2.00 bits per heavy atom. The van der Waals surface area contributed by atoms with Crippen molar-refractivity contribution in [1.29, 1.82) is 0 Å². The zero-order valence-electron chi connectivity index (χ0n) is 10.4. The number of rotatable bonds is 4. The van der Waals surface area contributed by atoms with Gasteiger partial charge in [0.05, 0.1) is 13.1 Å². The van der Waals surface area contributed by atoms with E-state index in [-0.39, 0.29) is 31.8 Å². The number of morpholine rings is 1. The summed E-state index contributed by atoms with van der Waals surface area (Å²) >= 11 is 0. The summed E-state index contributed by atoms with van der Waals surface area (Å²) < 4.78 is 8.86. The second kappa shape index (κ2) is 5.92. The number of carbonyl (C=O) groups is 4. The van der Waals surface area contributed by atoms with Crippen LogP contribution < -0.4 is 0 Å². The molecule has 2 rings (SSSR count). The first kappa shape index (κ1) is 13.7. The summed E-state index contributed by atoms with van der Waals surface area (Å²) in [4.78, 5) is 45.9. The second-order valence-electron chi connectivity index (χ2n) is 4.82. The zero-order chi connectivity index (χ0) is 13.8. The largest absolute Gasteiger partial charge is 0.393 e. The Labute approximate surface area is 109 Å². The van der Waals surface area contributed by atoms with Crippen molar-refractivity contribution in [1.82, 2.24) is 4.90 Å². The highest BCUT2D eigenvalue weighted by Crippen LogP contribution is 2.22. The Bertz CT molecular complexity index is 348. The van der Waals surface area contributed by atoms with Gasteiger partial charge >= 0.3 is 23.9 Å².